The Balaban J connectivity index is 2.94. The Morgan fingerprint density at radius 2 is 0.773 bits per heavy atom. The van der Waals surface area contributed by atoms with E-state index in [1.54, 1.807) is 6.92 Å². The van der Waals surface area contributed by atoms with E-state index in [9.17, 15) is 5.11 Å². The van der Waals surface area contributed by atoms with Crippen LogP contribution in [0.3, 0.4) is 0 Å². The lowest BCUT2D eigenvalue weighted by Crippen LogP contribution is -1.95. The first-order valence-electron chi connectivity index (χ1n) is 10.4. The minimum atomic E-state index is -0.351. The van der Waals surface area contributed by atoms with E-state index < -0.39 is 0 Å². The molecule has 0 amide bonds. The summed E-state index contributed by atoms with van der Waals surface area (Å²) in [6.07, 6.45) is 24.4. The molecule has 1 heteroatoms. The van der Waals surface area contributed by atoms with E-state index >= 15 is 0 Å². The number of rotatable bonds is 18. The van der Waals surface area contributed by atoms with Crippen molar-refractivity contribution in [1.29, 1.82) is 0 Å². The van der Waals surface area contributed by atoms with Crippen LogP contribution in [0.2, 0.25) is 0 Å². The summed E-state index contributed by atoms with van der Waals surface area (Å²) in [6.45, 7) is 4.07. The largest absolute Gasteiger partial charge is 0.233 e. The Morgan fingerprint density at radius 3 is 1.05 bits per heavy atom. The average Bonchev–Trinajstić information content (AvgIpc) is 2.50. The topological polar surface area (TPSA) is 19.9 Å². The molecule has 1 unspecified atom stereocenters. The standard InChI is InChI=1S/C21H43O/c1-3-4-5-6-7-8-9-10-11-12-13-14-15-16-17-18-19-20-21(2)22/h21H,3-20H2,1-2H3. The van der Waals surface area contributed by atoms with Gasteiger partial charge in [-0.05, 0) is 13.3 Å². The van der Waals surface area contributed by atoms with Gasteiger partial charge in [0.25, 0.3) is 0 Å². The lowest BCUT2D eigenvalue weighted by molar-refractivity contribution is 0.0950. The lowest BCUT2D eigenvalue weighted by atomic mass is 10.0. The molecule has 0 aliphatic rings. The number of hydrogen-bond donors (Lipinski definition) is 0. The smallest absolute Gasteiger partial charge is 0.0902 e. The molecule has 1 atom stereocenters. The third kappa shape index (κ3) is 20.0. The zero-order valence-electron chi connectivity index (χ0n) is 15.7. The van der Waals surface area contributed by atoms with Gasteiger partial charge in [-0.2, -0.15) is 0 Å². The maximum atomic E-state index is 10.9. The first kappa shape index (κ1) is 22.0. The monoisotopic (exact) mass is 311 g/mol. The van der Waals surface area contributed by atoms with Crippen molar-refractivity contribution >= 4 is 0 Å². The third-order valence-corrected chi connectivity index (χ3v) is 4.71. The fraction of sp³-hybridized carbons (Fsp3) is 1.00. The molecule has 0 aromatic carbocycles. The summed E-state index contributed by atoms with van der Waals surface area (Å²) in [5.74, 6) is 0. The Kier molecular flexibility index (Phi) is 19.0. The third-order valence-electron chi connectivity index (χ3n) is 4.71. The minimum Gasteiger partial charge on any atom is -0.233 e. The van der Waals surface area contributed by atoms with Gasteiger partial charge >= 0.3 is 0 Å². The first-order chi connectivity index (χ1) is 10.8. The SMILES string of the molecule is CCCCCCCCCCCCCCCCCCCC(C)[O]. The van der Waals surface area contributed by atoms with E-state index in [4.69, 9.17) is 0 Å². The molecule has 1 nitrogen and oxygen atoms in total. The number of hydrogen-bond acceptors (Lipinski definition) is 0. The minimum absolute atomic E-state index is 0.351. The molecule has 0 aromatic heterocycles. The van der Waals surface area contributed by atoms with E-state index in [2.05, 4.69) is 6.92 Å². The van der Waals surface area contributed by atoms with Crippen molar-refractivity contribution in [2.24, 2.45) is 0 Å². The van der Waals surface area contributed by atoms with E-state index in [0.29, 0.717) is 0 Å². The molecule has 0 bridgehead atoms. The molecule has 0 spiro atoms. The van der Waals surface area contributed by atoms with E-state index in [1.807, 2.05) is 0 Å². The summed E-state index contributed by atoms with van der Waals surface area (Å²) >= 11 is 0. The molecule has 0 aliphatic heterocycles. The molecule has 0 saturated carbocycles. The summed E-state index contributed by atoms with van der Waals surface area (Å²) < 4.78 is 0. The zero-order valence-corrected chi connectivity index (χ0v) is 15.7. The van der Waals surface area contributed by atoms with Gasteiger partial charge in [-0.1, -0.05) is 116 Å². The van der Waals surface area contributed by atoms with Crippen LogP contribution in [0.25, 0.3) is 0 Å². The average molecular weight is 312 g/mol. The van der Waals surface area contributed by atoms with Gasteiger partial charge in [-0.25, -0.2) is 5.11 Å². The van der Waals surface area contributed by atoms with Crippen molar-refractivity contribution in [3.63, 3.8) is 0 Å². The molecule has 1 radical (unpaired) electrons. The Bertz CT molecular complexity index is 188. The van der Waals surface area contributed by atoms with Crippen LogP contribution in [0.1, 0.15) is 129 Å². The fourth-order valence-corrected chi connectivity index (χ4v) is 3.16. The van der Waals surface area contributed by atoms with E-state index in [0.717, 1.165) is 12.8 Å². The summed E-state index contributed by atoms with van der Waals surface area (Å²) in [5.41, 5.74) is 0. The molecular weight excluding hydrogens is 268 g/mol. The molecule has 0 saturated heterocycles. The molecule has 22 heavy (non-hydrogen) atoms. The highest BCUT2D eigenvalue weighted by molar-refractivity contribution is 4.51. The van der Waals surface area contributed by atoms with Crippen LogP contribution in [0.15, 0.2) is 0 Å². The van der Waals surface area contributed by atoms with Crippen LogP contribution in [-0.4, -0.2) is 6.10 Å². The van der Waals surface area contributed by atoms with E-state index in [1.165, 1.54) is 103 Å². The summed E-state index contributed by atoms with van der Waals surface area (Å²) in [6, 6.07) is 0. The maximum absolute atomic E-state index is 10.9. The maximum Gasteiger partial charge on any atom is 0.0902 e. The molecule has 0 N–H and O–H groups in total. The van der Waals surface area contributed by atoms with E-state index in [-0.39, 0.29) is 6.10 Å². The van der Waals surface area contributed by atoms with Crippen molar-refractivity contribution < 1.29 is 5.11 Å². The van der Waals surface area contributed by atoms with Crippen LogP contribution in [-0.2, 0) is 5.11 Å². The van der Waals surface area contributed by atoms with Gasteiger partial charge in [-0.3, -0.25) is 0 Å². The highest BCUT2D eigenvalue weighted by Gasteiger charge is 1.97. The normalized spacial score (nSPS) is 12.7. The fourth-order valence-electron chi connectivity index (χ4n) is 3.16. The Morgan fingerprint density at radius 1 is 0.500 bits per heavy atom. The highest BCUT2D eigenvalue weighted by atomic mass is 16.3. The molecular formula is C21H43O. The van der Waals surface area contributed by atoms with Crippen LogP contribution in [0.5, 0.6) is 0 Å². The predicted octanol–water partition coefficient (Wildman–Crippen LogP) is 7.85. The van der Waals surface area contributed by atoms with Crippen molar-refractivity contribution in [3.05, 3.63) is 0 Å². The highest BCUT2D eigenvalue weighted by Crippen LogP contribution is 2.14. The predicted molar refractivity (Wildman–Crippen MR) is 98.9 cm³/mol. The van der Waals surface area contributed by atoms with Gasteiger partial charge in [0.05, 0.1) is 6.10 Å². The molecule has 0 rings (SSSR count). The van der Waals surface area contributed by atoms with Gasteiger partial charge in [0, 0.05) is 0 Å². The van der Waals surface area contributed by atoms with Gasteiger partial charge in [0.1, 0.15) is 0 Å². The van der Waals surface area contributed by atoms with Crippen LogP contribution in [0, 0.1) is 0 Å². The van der Waals surface area contributed by atoms with Crippen molar-refractivity contribution in [2.75, 3.05) is 0 Å². The zero-order chi connectivity index (χ0) is 16.3. The summed E-state index contributed by atoms with van der Waals surface area (Å²) in [5, 5.41) is 10.9. The Labute approximate surface area is 141 Å². The molecule has 0 heterocycles. The first-order valence-corrected chi connectivity index (χ1v) is 10.4. The van der Waals surface area contributed by atoms with Crippen LogP contribution >= 0.6 is 0 Å². The second-order valence-electron chi connectivity index (χ2n) is 7.26. The Hall–Kier alpha value is -0.0400. The molecule has 0 aromatic rings. The summed E-state index contributed by atoms with van der Waals surface area (Å²) in [7, 11) is 0. The van der Waals surface area contributed by atoms with Crippen molar-refractivity contribution in [2.45, 2.75) is 136 Å². The number of unbranched alkanes of at least 4 members (excludes halogenated alkanes) is 16. The lowest BCUT2D eigenvalue weighted by Gasteiger charge is -2.04. The van der Waals surface area contributed by atoms with Crippen LogP contribution < -0.4 is 0 Å². The second kappa shape index (κ2) is 19.0. The molecule has 0 fully saturated rings. The van der Waals surface area contributed by atoms with Crippen LogP contribution in [0.4, 0.5) is 0 Å². The van der Waals surface area contributed by atoms with Crippen molar-refractivity contribution in [1.82, 2.24) is 0 Å². The summed E-state index contributed by atoms with van der Waals surface area (Å²) in [4.78, 5) is 0. The van der Waals surface area contributed by atoms with Gasteiger partial charge in [0.15, 0.2) is 0 Å². The molecule has 133 valence electrons. The van der Waals surface area contributed by atoms with Gasteiger partial charge in [0.2, 0.25) is 0 Å². The quantitative estimate of drug-likeness (QED) is 0.230. The second-order valence-corrected chi connectivity index (χ2v) is 7.26. The van der Waals surface area contributed by atoms with Gasteiger partial charge in [-0.15, -0.1) is 0 Å². The van der Waals surface area contributed by atoms with Gasteiger partial charge < -0.3 is 0 Å². The van der Waals surface area contributed by atoms with Crippen molar-refractivity contribution in [3.8, 4) is 0 Å². The molecule has 0 aliphatic carbocycles.